The van der Waals surface area contributed by atoms with Crippen molar-refractivity contribution in [1.82, 2.24) is 0 Å². The normalized spacial score (nSPS) is 23.1. The first-order valence-electron chi connectivity index (χ1n) is 32.9. The van der Waals surface area contributed by atoms with E-state index in [4.69, 9.17) is 0 Å². The van der Waals surface area contributed by atoms with Gasteiger partial charge in [0, 0.05) is 67.6 Å². The molecule has 10 nitrogen and oxygen atoms in total. The van der Waals surface area contributed by atoms with Gasteiger partial charge in [-0.05, 0) is 171 Å². The van der Waals surface area contributed by atoms with Gasteiger partial charge in [0.25, 0.3) is 0 Å². The minimum Gasteiger partial charge on any atom is -0.295 e. The molecule has 10 heteroatoms. The number of rotatable bonds is 2. The van der Waals surface area contributed by atoms with E-state index in [0.717, 1.165) is 103 Å². The van der Waals surface area contributed by atoms with Crippen LogP contribution in [0.15, 0.2) is 182 Å². The van der Waals surface area contributed by atoms with Crippen molar-refractivity contribution in [1.29, 1.82) is 0 Å². The fourth-order valence-corrected chi connectivity index (χ4v) is 10.5. The lowest BCUT2D eigenvalue weighted by molar-refractivity contribution is -0.123. The van der Waals surface area contributed by atoms with Crippen molar-refractivity contribution in [2.24, 2.45) is 38.9 Å². The van der Waals surface area contributed by atoms with Crippen LogP contribution in [0.4, 0.5) is 0 Å². The second-order valence-corrected chi connectivity index (χ2v) is 28.6. The minimum atomic E-state index is -0.156. The van der Waals surface area contributed by atoms with E-state index in [1.165, 1.54) is 11.1 Å². The Morgan fingerprint density at radius 1 is 0.374 bits per heavy atom. The second kappa shape index (κ2) is 38.4. The number of benzene rings is 2. The van der Waals surface area contributed by atoms with Gasteiger partial charge < -0.3 is 0 Å². The summed E-state index contributed by atoms with van der Waals surface area (Å²) in [6.07, 6.45) is 53.3. The molecule has 12 rings (SSSR count). The summed E-state index contributed by atoms with van der Waals surface area (Å²) in [4.78, 5) is 107. The lowest BCUT2D eigenvalue weighted by Gasteiger charge is -2.34. The van der Waals surface area contributed by atoms with Crippen LogP contribution in [0.25, 0.3) is 0 Å². The van der Waals surface area contributed by atoms with Crippen LogP contribution in [0.3, 0.4) is 0 Å². The zero-order chi connectivity index (χ0) is 67.7. The van der Waals surface area contributed by atoms with Gasteiger partial charge in [0.2, 0.25) is 0 Å². The van der Waals surface area contributed by atoms with Crippen molar-refractivity contribution in [3.8, 4) is 0 Å². The number of hydrogen-bond donors (Lipinski definition) is 0. The molecule has 2 atom stereocenters. The monoisotopic (exact) mass is 1240 g/mol. The van der Waals surface area contributed by atoms with E-state index >= 15 is 0 Å². The Morgan fingerprint density at radius 3 is 1.15 bits per heavy atom. The van der Waals surface area contributed by atoms with Crippen LogP contribution in [0.5, 0.6) is 0 Å². The van der Waals surface area contributed by atoms with Gasteiger partial charge in [-0.2, -0.15) is 0 Å². The van der Waals surface area contributed by atoms with Gasteiger partial charge in [0.05, 0.1) is 0 Å². The lowest BCUT2D eigenvalue weighted by Crippen LogP contribution is -2.29. The Kier molecular flexibility index (Phi) is 32.8. The Morgan fingerprint density at radius 2 is 0.857 bits per heavy atom. The van der Waals surface area contributed by atoms with E-state index in [2.05, 4.69) is 110 Å². The molecule has 0 spiro atoms. The molecule has 0 saturated carbocycles. The molecule has 0 bridgehead atoms. The van der Waals surface area contributed by atoms with E-state index in [1.54, 1.807) is 60.8 Å². The van der Waals surface area contributed by atoms with Crippen LogP contribution in [-0.4, -0.2) is 57.8 Å². The van der Waals surface area contributed by atoms with Crippen LogP contribution in [0, 0.1) is 38.9 Å². The van der Waals surface area contributed by atoms with E-state index in [0.29, 0.717) is 31.1 Å². The zero-order valence-electron chi connectivity index (χ0n) is 57.0. The molecule has 0 N–H and O–H groups in total. The third-order valence-electron chi connectivity index (χ3n) is 16.9. The molecule has 0 aromatic heterocycles. The molecular formula is C81H106O10. The highest BCUT2D eigenvalue weighted by atomic mass is 16.2. The number of ketones is 10. The predicted molar refractivity (Wildman–Crippen MR) is 370 cm³/mol. The maximum atomic E-state index is 11.5. The predicted octanol–water partition coefficient (Wildman–Crippen LogP) is 18.1. The van der Waals surface area contributed by atoms with Gasteiger partial charge in [-0.25, -0.2) is 0 Å². The van der Waals surface area contributed by atoms with Crippen LogP contribution < -0.4 is 0 Å². The quantitative estimate of drug-likeness (QED) is 0.282. The molecule has 0 radical (unpaired) electrons. The first-order chi connectivity index (χ1) is 42.7. The summed E-state index contributed by atoms with van der Waals surface area (Å²) in [5.41, 5.74) is 2.78. The smallest absolute Gasteiger partial charge is 0.161 e. The van der Waals surface area contributed by atoms with Crippen molar-refractivity contribution in [3.63, 3.8) is 0 Å². The first-order valence-corrected chi connectivity index (χ1v) is 32.9. The van der Waals surface area contributed by atoms with Crippen molar-refractivity contribution in [3.05, 3.63) is 193 Å². The molecule has 0 fully saturated rings. The molecule has 0 aliphatic heterocycles. The molecule has 0 saturated heterocycles. The molecule has 2 aromatic rings. The van der Waals surface area contributed by atoms with Crippen molar-refractivity contribution in [2.75, 3.05) is 0 Å². The van der Waals surface area contributed by atoms with E-state index < -0.39 is 0 Å². The summed E-state index contributed by atoms with van der Waals surface area (Å²) in [5.74, 6) is 3.87. The molecule has 2 unspecified atom stereocenters. The molecule has 2 aromatic carbocycles. The van der Waals surface area contributed by atoms with Crippen molar-refractivity contribution < 1.29 is 47.9 Å². The molecule has 490 valence electrons. The third kappa shape index (κ3) is 31.9. The zero-order valence-corrected chi connectivity index (χ0v) is 57.0. The van der Waals surface area contributed by atoms with Gasteiger partial charge in [-0.1, -0.05) is 205 Å². The second-order valence-electron chi connectivity index (χ2n) is 28.6. The standard InChI is InChI=1S/C18H16O.3C8H12O.4C7H10O.C6H8O.C5H6O/c19-17-11-13-18(14-12-17,15-7-3-1-4-8-15)16-9-5-2-6-10-16;1-8(2)5-3-7(9)4-6-8;1-8(2)5-3-4-7(9)6-8;1-8(2)6-4-3-5-7(8)9;1-7(2)4-3-6(8)5-7;1-7(2)5-3-4-6(7)8;1-6-2-4-7(8)5-3-6;1-6-3-2-4-7(8)5-6;7-6-4-2-1-3-5-6;6-5-3-1-2-4-5/h1-11,13H,12,14H2;3,5H,4,6H2,1-2H3;3-4H,5-6H2,1-2H3;3,5H,4,6H2,1-2H3;2*3-4H,5H2,1-2H3;2*2,4,6H,3,5H2,1H3;2,4H,1,3,5H2;1,3H,2,4H2. The molecule has 91 heavy (non-hydrogen) atoms. The van der Waals surface area contributed by atoms with E-state index in [-0.39, 0.29) is 90.3 Å². The Hall–Kier alpha value is -7.46. The topological polar surface area (TPSA) is 171 Å². The van der Waals surface area contributed by atoms with Crippen LogP contribution >= 0.6 is 0 Å². The van der Waals surface area contributed by atoms with Crippen LogP contribution in [-0.2, 0) is 53.4 Å². The molecule has 10 aliphatic carbocycles. The Bertz CT molecular complexity index is 3060. The maximum Gasteiger partial charge on any atom is 0.161 e. The highest BCUT2D eigenvalue weighted by molar-refractivity contribution is 5.97. The molecular weight excluding hydrogens is 1130 g/mol. The van der Waals surface area contributed by atoms with Crippen molar-refractivity contribution >= 4 is 57.8 Å². The van der Waals surface area contributed by atoms with E-state index in [9.17, 15) is 47.9 Å². The fraction of sp³-hybridized carbons (Fsp3) is 0.481. The van der Waals surface area contributed by atoms with Gasteiger partial charge in [-0.3, -0.25) is 47.9 Å². The SMILES string of the molecule is CC1(C)C=CC(=O)C1.CC1(C)C=CC(=O)CC1.CC1(C)CC=CC(=O)C1.CC1(C)CC=CC1=O.CC1(C)CCC=CC1=O.CC1C=CC(=O)CC1.CC1CC=CC(=O)C1.O=C1C=CC(c2ccccc2)(c2ccccc2)CC1.O=C1C=CCC1.O=C1C=CCCC1. The fourth-order valence-electron chi connectivity index (χ4n) is 10.5. The summed E-state index contributed by atoms with van der Waals surface area (Å²) in [5, 5.41) is 0. The summed E-state index contributed by atoms with van der Waals surface area (Å²) in [6.45, 7) is 24.8. The van der Waals surface area contributed by atoms with E-state index in [1.807, 2.05) is 94.5 Å². The summed E-state index contributed by atoms with van der Waals surface area (Å²) < 4.78 is 0. The highest BCUT2D eigenvalue weighted by Crippen LogP contribution is 2.40. The van der Waals surface area contributed by atoms with Gasteiger partial charge in [0.15, 0.2) is 57.8 Å². The largest absolute Gasteiger partial charge is 0.295 e. The Labute approximate surface area is 545 Å². The average Bonchev–Trinajstić information content (AvgIpc) is 1.49. The van der Waals surface area contributed by atoms with Gasteiger partial charge in [0.1, 0.15) is 0 Å². The number of allylic oxidation sites excluding steroid dienone is 20. The third-order valence-corrected chi connectivity index (χ3v) is 16.9. The number of carbonyl (C=O) groups excluding carboxylic acids is 10. The van der Waals surface area contributed by atoms with Crippen LogP contribution in [0.2, 0.25) is 0 Å². The first kappa shape index (κ1) is 77.8. The summed E-state index contributed by atoms with van der Waals surface area (Å²) >= 11 is 0. The van der Waals surface area contributed by atoms with Crippen molar-refractivity contribution in [2.45, 2.75) is 210 Å². The van der Waals surface area contributed by atoms with Gasteiger partial charge >= 0.3 is 0 Å². The van der Waals surface area contributed by atoms with Gasteiger partial charge in [-0.15, -0.1) is 0 Å². The summed E-state index contributed by atoms with van der Waals surface area (Å²) in [6, 6.07) is 20.9. The molecule has 0 heterocycles. The minimum absolute atomic E-state index is 0.0885. The highest BCUT2D eigenvalue weighted by Gasteiger charge is 2.34. The number of carbonyl (C=O) groups is 10. The van der Waals surface area contributed by atoms with Crippen LogP contribution in [0.1, 0.15) is 216 Å². The average molecular weight is 1240 g/mol. The molecule has 10 aliphatic rings. The molecule has 0 amide bonds. The number of hydrogen-bond acceptors (Lipinski definition) is 10. The summed E-state index contributed by atoms with van der Waals surface area (Å²) in [7, 11) is 0. The lowest BCUT2D eigenvalue weighted by atomic mass is 9.68. The Balaban J connectivity index is 0.000000270. The maximum absolute atomic E-state index is 11.5.